The van der Waals surface area contributed by atoms with E-state index in [4.69, 9.17) is 4.74 Å². The summed E-state index contributed by atoms with van der Waals surface area (Å²) < 4.78 is 5.58. The summed E-state index contributed by atoms with van der Waals surface area (Å²) in [4.78, 5) is 0. The molecule has 2 heterocycles. The Hall–Kier alpha value is -1.02. The number of rotatable bonds is 3. The SMILES string of the molecule is c1cc2c(cc1CCC1CCC3CCCC3N1)CCO2. The number of aryl methyl sites for hydroxylation is 1. The van der Waals surface area contributed by atoms with Gasteiger partial charge in [0.1, 0.15) is 5.75 Å². The highest BCUT2D eigenvalue weighted by atomic mass is 16.5. The zero-order chi connectivity index (χ0) is 13.4. The van der Waals surface area contributed by atoms with Gasteiger partial charge < -0.3 is 10.1 Å². The fraction of sp³-hybridized carbons (Fsp3) is 0.667. The van der Waals surface area contributed by atoms with Crippen molar-refractivity contribution in [2.45, 2.75) is 63.5 Å². The molecule has 3 atom stereocenters. The zero-order valence-corrected chi connectivity index (χ0v) is 12.2. The summed E-state index contributed by atoms with van der Waals surface area (Å²) >= 11 is 0. The molecule has 1 aliphatic carbocycles. The molecule has 0 radical (unpaired) electrons. The minimum atomic E-state index is 0.749. The van der Waals surface area contributed by atoms with E-state index in [2.05, 4.69) is 23.5 Å². The maximum atomic E-state index is 5.58. The average molecular weight is 271 g/mol. The highest BCUT2D eigenvalue weighted by molar-refractivity contribution is 5.39. The van der Waals surface area contributed by atoms with Crippen LogP contribution in [0.3, 0.4) is 0 Å². The van der Waals surface area contributed by atoms with Crippen molar-refractivity contribution in [2.75, 3.05) is 6.61 Å². The second kappa shape index (κ2) is 5.40. The second-order valence-electron chi connectivity index (χ2n) is 6.82. The lowest BCUT2D eigenvalue weighted by Crippen LogP contribution is -2.45. The molecule has 2 heteroatoms. The standard InChI is InChI=1S/C18H25NO/c1-2-14-6-8-16(19-17(14)3-1)7-4-13-5-9-18-15(12-13)10-11-20-18/h5,9,12,14,16-17,19H,1-4,6-8,10-11H2. The molecule has 0 bridgehead atoms. The Morgan fingerprint density at radius 1 is 1.15 bits per heavy atom. The van der Waals surface area contributed by atoms with E-state index >= 15 is 0 Å². The van der Waals surface area contributed by atoms with Crippen LogP contribution in [0.25, 0.3) is 0 Å². The molecule has 2 aliphatic heterocycles. The van der Waals surface area contributed by atoms with Gasteiger partial charge in [0.05, 0.1) is 6.61 Å². The summed E-state index contributed by atoms with van der Waals surface area (Å²) in [5.74, 6) is 2.10. The topological polar surface area (TPSA) is 21.3 Å². The monoisotopic (exact) mass is 271 g/mol. The van der Waals surface area contributed by atoms with Crippen LogP contribution in [-0.4, -0.2) is 18.7 Å². The average Bonchev–Trinajstić information content (AvgIpc) is 3.12. The van der Waals surface area contributed by atoms with Crippen molar-refractivity contribution in [2.24, 2.45) is 5.92 Å². The van der Waals surface area contributed by atoms with Crippen molar-refractivity contribution in [1.82, 2.24) is 5.32 Å². The molecule has 0 amide bonds. The van der Waals surface area contributed by atoms with Crippen LogP contribution in [0.15, 0.2) is 18.2 Å². The van der Waals surface area contributed by atoms with Crippen molar-refractivity contribution in [1.29, 1.82) is 0 Å². The first-order chi connectivity index (χ1) is 9.88. The van der Waals surface area contributed by atoms with Crippen LogP contribution >= 0.6 is 0 Å². The van der Waals surface area contributed by atoms with Gasteiger partial charge in [-0.15, -0.1) is 0 Å². The first kappa shape index (κ1) is 12.7. The molecule has 20 heavy (non-hydrogen) atoms. The Kier molecular flexibility index (Phi) is 3.43. The van der Waals surface area contributed by atoms with Crippen LogP contribution in [0.2, 0.25) is 0 Å². The van der Waals surface area contributed by atoms with Gasteiger partial charge in [0.15, 0.2) is 0 Å². The van der Waals surface area contributed by atoms with Gasteiger partial charge in [0.2, 0.25) is 0 Å². The fourth-order valence-corrected chi connectivity index (χ4v) is 4.37. The third-order valence-corrected chi connectivity index (χ3v) is 5.53. The van der Waals surface area contributed by atoms with Gasteiger partial charge >= 0.3 is 0 Å². The maximum absolute atomic E-state index is 5.58. The molecule has 108 valence electrons. The molecule has 1 aromatic carbocycles. The lowest BCUT2D eigenvalue weighted by Gasteiger charge is -2.33. The molecule has 1 saturated carbocycles. The van der Waals surface area contributed by atoms with E-state index in [1.807, 2.05) is 0 Å². The number of fused-ring (bicyclic) bond motifs is 2. The number of benzene rings is 1. The van der Waals surface area contributed by atoms with E-state index in [0.29, 0.717) is 0 Å². The molecule has 1 N–H and O–H groups in total. The van der Waals surface area contributed by atoms with Crippen LogP contribution in [0.5, 0.6) is 5.75 Å². The van der Waals surface area contributed by atoms with Crippen LogP contribution < -0.4 is 10.1 Å². The lowest BCUT2D eigenvalue weighted by atomic mass is 9.87. The molecule has 4 rings (SSSR count). The summed E-state index contributed by atoms with van der Waals surface area (Å²) in [5, 5.41) is 3.91. The minimum absolute atomic E-state index is 0.749. The van der Waals surface area contributed by atoms with Gasteiger partial charge in [-0.2, -0.15) is 0 Å². The Bertz CT molecular complexity index is 484. The number of hydrogen-bond acceptors (Lipinski definition) is 2. The first-order valence-corrected chi connectivity index (χ1v) is 8.39. The summed E-state index contributed by atoms with van der Waals surface area (Å²) in [6.45, 7) is 0.867. The van der Waals surface area contributed by atoms with Crippen molar-refractivity contribution in [3.05, 3.63) is 29.3 Å². The number of ether oxygens (including phenoxy) is 1. The second-order valence-corrected chi connectivity index (χ2v) is 6.82. The van der Waals surface area contributed by atoms with E-state index in [-0.39, 0.29) is 0 Å². The maximum Gasteiger partial charge on any atom is 0.122 e. The molecule has 0 aromatic heterocycles. The number of piperidine rings is 1. The molecule has 2 fully saturated rings. The molecular weight excluding hydrogens is 246 g/mol. The van der Waals surface area contributed by atoms with Gasteiger partial charge in [-0.3, -0.25) is 0 Å². The predicted molar refractivity (Wildman–Crippen MR) is 81.2 cm³/mol. The van der Waals surface area contributed by atoms with Crippen molar-refractivity contribution < 1.29 is 4.74 Å². The normalized spacial score (nSPS) is 31.7. The molecule has 2 nitrogen and oxygen atoms in total. The molecule has 1 saturated heterocycles. The van der Waals surface area contributed by atoms with Crippen molar-refractivity contribution >= 4 is 0 Å². The molecule has 1 aromatic rings. The third kappa shape index (κ3) is 2.46. The first-order valence-electron chi connectivity index (χ1n) is 8.39. The number of hydrogen-bond donors (Lipinski definition) is 1. The van der Waals surface area contributed by atoms with Gasteiger partial charge in [-0.05, 0) is 61.6 Å². The quantitative estimate of drug-likeness (QED) is 0.909. The van der Waals surface area contributed by atoms with Gasteiger partial charge in [0.25, 0.3) is 0 Å². The van der Waals surface area contributed by atoms with Crippen LogP contribution in [0.1, 0.15) is 49.7 Å². The minimum Gasteiger partial charge on any atom is -0.493 e. The Labute approximate surface area is 121 Å². The molecular formula is C18H25NO. The van der Waals surface area contributed by atoms with Gasteiger partial charge in [0, 0.05) is 18.5 Å². The summed E-state index contributed by atoms with van der Waals surface area (Å²) in [7, 11) is 0. The van der Waals surface area contributed by atoms with E-state index in [1.54, 1.807) is 0 Å². The van der Waals surface area contributed by atoms with E-state index in [0.717, 1.165) is 36.8 Å². The lowest BCUT2D eigenvalue weighted by molar-refractivity contribution is 0.250. The molecule has 3 unspecified atom stereocenters. The Balaban J connectivity index is 1.34. The summed E-state index contributed by atoms with van der Waals surface area (Å²) in [5.41, 5.74) is 2.90. The smallest absolute Gasteiger partial charge is 0.122 e. The molecule has 0 spiro atoms. The third-order valence-electron chi connectivity index (χ3n) is 5.53. The zero-order valence-electron chi connectivity index (χ0n) is 12.2. The highest BCUT2D eigenvalue weighted by Crippen LogP contribution is 2.34. The van der Waals surface area contributed by atoms with Gasteiger partial charge in [-0.25, -0.2) is 0 Å². The fourth-order valence-electron chi connectivity index (χ4n) is 4.37. The van der Waals surface area contributed by atoms with Crippen LogP contribution in [0.4, 0.5) is 0 Å². The van der Waals surface area contributed by atoms with Gasteiger partial charge in [-0.1, -0.05) is 18.6 Å². The summed E-state index contributed by atoms with van der Waals surface area (Å²) in [6, 6.07) is 8.37. The Morgan fingerprint density at radius 3 is 3.15 bits per heavy atom. The highest BCUT2D eigenvalue weighted by Gasteiger charge is 2.32. The predicted octanol–water partition coefficient (Wildman–Crippen LogP) is 3.47. The van der Waals surface area contributed by atoms with Crippen molar-refractivity contribution in [3.63, 3.8) is 0 Å². The van der Waals surface area contributed by atoms with E-state index in [9.17, 15) is 0 Å². The van der Waals surface area contributed by atoms with Crippen LogP contribution in [0, 0.1) is 5.92 Å². The van der Waals surface area contributed by atoms with E-state index in [1.165, 1.54) is 56.1 Å². The van der Waals surface area contributed by atoms with Crippen molar-refractivity contribution in [3.8, 4) is 5.75 Å². The Morgan fingerprint density at radius 2 is 2.15 bits per heavy atom. The number of nitrogens with one attached hydrogen (secondary N) is 1. The summed E-state index contributed by atoms with van der Waals surface area (Å²) in [6.07, 6.45) is 10.8. The largest absolute Gasteiger partial charge is 0.493 e. The van der Waals surface area contributed by atoms with Crippen LogP contribution in [-0.2, 0) is 12.8 Å². The van der Waals surface area contributed by atoms with E-state index < -0.39 is 0 Å². The molecule has 3 aliphatic rings.